The predicted molar refractivity (Wildman–Crippen MR) is 108 cm³/mol. The molecule has 7 nitrogen and oxygen atoms in total. The molecule has 142 valence electrons. The summed E-state index contributed by atoms with van der Waals surface area (Å²) in [5, 5.41) is 3.61. The third-order valence-corrected chi connectivity index (χ3v) is 4.61. The second kappa shape index (κ2) is 7.19. The van der Waals surface area contributed by atoms with E-state index in [9.17, 15) is 9.59 Å². The first-order valence-electron chi connectivity index (χ1n) is 8.92. The molecular formula is C21H20N4O3. The normalized spacial score (nSPS) is 11.1. The van der Waals surface area contributed by atoms with Crippen LogP contribution in [-0.2, 0) is 17.9 Å². The van der Waals surface area contributed by atoms with Crippen molar-refractivity contribution in [2.24, 2.45) is 0 Å². The van der Waals surface area contributed by atoms with Crippen LogP contribution >= 0.6 is 0 Å². The Morgan fingerprint density at radius 3 is 2.64 bits per heavy atom. The molecule has 0 spiro atoms. The first kappa shape index (κ1) is 17.8. The number of rotatable bonds is 5. The summed E-state index contributed by atoms with van der Waals surface area (Å²) in [4.78, 5) is 31.3. The van der Waals surface area contributed by atoms with Crippen molar-refractivity contribution < 1.29 is 9.21 Å². The fraction of sp³-hybridized carbons (Fsp3) is 0.190. The van der Waals surface area contributed by atoms with E-state index in [0.717, 1.165) is 16.6 Å². The monoisotopic (exact) mass is 376 g/mol. The van der Waals surface area contributed by atoms with Gasteiger partial charge >= 0.3 is 0 Å². The first-order chi connectivity index (χ1) is 13.5. The van der Waals surface area contributed by atoms with E-state index in [1.54, 1.807) is 6.07 Å². The van der Waals surface area contributed by atoms with E-state index in [0.29, 0.717) is 17.6 Å². The van der Waals surface area contributed by atoms with E-state index in [1.807, 2.05) is 61.5 Å². The zero-order chi connectivity index (χ0) is 19.7. The summed E-state index contributed by atoms with van der Waals surface area (Å²) in [5.74, 6) is -0.268. The molecule has 0 aliphatic carbocycles. The predicted octanol–water partition coefficient (Wildman–Crippen LogP) is 2.53. The molecule has 0 fully saturated rings. The number of hydrogen-bond donors (Lipinski definition) is 1. The van der Waals surface area contributed by atoms with Crippen molar-refractivity contribution in [3.63, 3.8) is 0 Å². The number of carbonyl (C=O) groups is 1. The smallest absolute Gasteiger partial charge is 0.297 e. The highest BCUT2D eigenvalue weighted by Gasteiger charge is 2.14. The Bertz CT molecular complexity index is 1210. The highest BCUT2D eigenvalue weighted by atomic mass is 16.3. The SMILES string of the molecule is CN(C)c1ccc(CNC(=O)Cn2cnc3c(oc4ccccc43)c2=O)cc1. The molecule has 0 radical (unpaired) electrons. The highest BCUT2D eigenvalue weighted by Crippen LogP contribution is 2.23. The van der Waals surface area contributed by atoms with E-state index >= 15 is 0 Å². The third-order valence-electron chi connectivity index (χ3n) is 4.61. The maximum atomic E-state index is 12.7. The molecule has 4 aromatic rings. The van der Waals surface area contributed by atoms with Crippen LogP contribution in [0.1, 0.15) is 5.56 Å². The van der Waals surface area contributed by atoms with Crippen LogP contribution in [0, 0.1) is 0 Å². The number of fused-ring (bicyclic) bond motifs is 3. The van der Waals surface area contributed by atoms with Gasteiger partial charge in [-0.15, -0.1) is 0 Å². The van der Waals surface area contributed by atoms with Gasteiger partial charge in [-0.3, -0.25) is 14.2 Å². The first-order valence-corrected chi connectivity index (χ1v) is 8.92. The molecule has 0 bridgehead atoms. The molecule has 7 heteroatoms. The van der Waals surface area contributed by atoms with E-state index in [2.05, 4.69) is 10.3 Å². The molecule has 0 aliphatic heterocycles. The molecule has 2 aromatic heterocycles. The van der Waals surface area contributed by atoms with Gasteiger partial charge in [-0.2, -0.15) is 0 Å². The number of benzene rings is 2. The minimum absolute atomic E-state index is 0.116. The van der Waals surface area contributed by atoms with Crippen molar-refractivity contribution in [3.8, 4) is 0 Å². The Kier molecular flexibility index (Phi) is 4.57. The van der Waals surface area contributed by atoms with Crippen LogP contribution < -0.4 is 15.8 Å². The fourth-order valence-electron chi connectivity index (χ4n) is 3.05. The number of carbonyl (C=O) groups excluding carboxylic acids is 1. The van der Waals surface area contributed by atoms with E-state index in [-0.39, 0.29) is 23.6 Å². The van der Waals surface area contributed by atoms with Crippen LogP contribution in [0.5, 0.6) is 0 Å². The van der Waals surface area contributed by atoms with Crippen LogP contribution in [0.4, 0.5) is 5.69 Å². The number of hydrogen-bond acceptors (Lipinski definition) is 5. The summed E-state index contributed by atoms with van der Waals surface area (Å²) >= 11 is 0. The van der Waals surface area contributed by atoms with Crippen LogP contribution in [-0.4, -0.2) is 29.6 Å². The van der Waals surface area contributed by atoms with E-state index in [1.165, 1.54) is 10.9 Å². The lowest BCUT2D eigenvalue weighted by molar-refractivity contribution is -0.121. The summed E-state index contributed by atoms with van der Waals surface area (Å²) in [6.45, 7) is 0.274. The van der Waals surface area contributed by atoms with E-state index in [4.69, 9.17) is 4.42 Å². The summed E-state index contributed by atoms with van der Waals surface area (Å²) in [7, 11) is 3.95. The lowest BCUT2D eigenvalue weighted by Crippen LogP contribution is -2.32. The Morgan fingerprint density at radius 1 is 1.14 bits per heavy atom. The summed E-state index contributed by atoms with van der Waals surface area (Å²) < 4.78 is 6.89. The van der Waals surface area contributed by atoms with Gasteiger partial charge < -0.3 is 14.6 Å². The van der Waals surface area contributed by atoms with Crippen molar-refractivity contribution in [1.29, 1.82) is 0 Å². The number of para-hydroxylation sites is 1. The number of nitrogens with one attached hydrogen (secondary N) is 1. The molecule has 1 amide bonds. The molecule has 28 heavy (non-hydrogen) atoms. The van der Waals surface area contributed by atoms with Gasteiger partial charge in [0.25, 0.3) is 5.56 Å². The Labute approximate surface area is 161 Å². The van der Waals surface area contributed by atoms with Crippen LogP contribution in [0.25, 0.3) is 22.1 Å². The summed E-state index contributed by atoms with van der Waals surface area (Å²) in [6, 6.07) is 15.2. The topological polar surface area (TPSA) is 80.4 Å². The highest BCUT2D eigenvalue weighted by molar-refractivity contribution is 6.01. The van der Waals surface area contributed by atoms with Crippen LogP contribution in [0.15, 0.2) is 64.1 Å². The number of amides is 1. The second-order valence-electron chi connectivity index (χ2n) is 6.79. The molecule has 0 aliphatic rings. The summed E-state index contributed by atoms with van der Waals surface area (Å²) in [6.07, 6.45) is 1.39. The van der Waals surface area contributed by atoms with Crippen molar-refractivity contribution >= 4 is 33.7 Å². The van der Waals surface area contributed by atoms with Gasteiger partial charge in [-0.25, -0.2) is 4.98 Å². The zero-order valence-electron chi connectivity index (χ0n) is 15.7. The van der Waals surface area contributed by atoms with Gasteiger partial charge in [-0.1, -0.05) is 24.3 Å². The number of nitrogens with zero attached hydrogens (tertiary/aromatic N) is 3. The molecule has 0 saturated carbocycles. The van der Waals surface area contributed by atoms with Crippen LogP contribution in [0.3, 0.4) is 0 Å². The van der Waals surface area contributed by atoms with Gasteiger partial charge in [0.2, 0.25) is 11.5 Å². The zero-order valence-corrected chi connectivity index (χ0v) is 15.7. The van der Waals surface area contributed by atoms with Crippen molar-refractivity contribution in [1.82, 2.24) is 14.9 Å². The minimum atomic E-state index is -0.369. The minimum Gasteiger partial charge on any atom is -0.448 e. The molecule has 0 saturated heterocycles. The molecule has 2 aromatic carbocycles. The molecule has 0 unspecified atom stereocenters. The second-order valence-corrected chi connectivity index (χ2v) is 6.79. The average Bonchev–Trinajstić information content (AvgIpc) is 3.08. The molecule has 4 rings (SSSR count). The van der Waals surface area contributed by atoms with Gasteiger partial charge in [0.15, 0.2) is 0 Å². The lowest BCUT2D eigenvalue weighted by Gasteiger charge is -2.13. The van der Waals surface area contributed by atoms with Crippen LogP contribution in [0.2, 0.25) is 0 Å². The maximum Gasteiger partial charge on any atom is 0.297 e. The molecule has 0 atom stereocenters. The molecule has 2 heterocycles. The fourth-order valence-corrected chi connectivity index (χ4v) is 3.05. The maximum absolute atomic E-state index is 12.7. The molecule has 1 N–H and O–H groups in total. The molecular weight excluding hydrogens is 356 g/mol. The number of anilines is 1. The summed E-state index contributed by atoms with van der Waals surface area (Å²) in [5.41, 5.74) is 2.98. The van der Waals surface area contributed by atoms with E-state index < -0.39 is 0 Å². The van der Waals surface area contributed by atoms with Gasteiger partial charge in [-0.05, 0) is 29.8 Å². The van der Waals surface area contributed by atoms with Crippen molar-refractivity contribution in [3.05, 3.63) is 70.8 Å². The third kappa shape index (κ3) is 3.34. The number of aromatic nitrogens is 2. The lowest BCUT2D eigenvalue weighted by atomic mass is 10.2. The van der Waals surface area contributed by atoms with Gasteiger partial charge in [0.05, 0.1) is 6.33 Å². The largest absolute Gasteiger partial charge is 0.448 e. The average molecular weight is 376 g/mol. The van der Waals surface area contributed by atoms with Gasteiger partial charge in [0.1, 0.15) is 17.6 Å². The quantitative estimate of drug-likeness (QED) is 0.579. The Morgan fingerprint density at radius 2 is 1.89 bits per heavy atom. The van der Waals surface area contributed by atoms with Crippen molar-refractivity contribution in [2.75, 3.05) is 19.0 Å². The standard InChI is InChI=1S/C21H20N4O3/c1-24(2)15-9-7-14(8-10-15)11-22-18(26)12-25-13-23-19-16-5-3-4-6-17(16)28-20(19)21(25)27/h3-10,13H,11-12H2,1-2H3,(H,22,26). The Balaban J connectivity index is 1.48. The van der Waals surface area contributed by atoms with Crippen molar-refractivity contribution in [2.45, 2.75) is 13.1 Å². The number of furan rings is 1. The van der Waals surface area contributed by atoms with Gasteiger partial charge in [0, 0.05) is 31.7 Å². The Hall–Kier alpha value is -3.61.